The summed E-state index contributed by atoms with van der Waals surface area (Å²) in [5, 5.41) is 26.3. The van der Waals surface area contributed by atoms with E-state index >= 15 is 0 Å². The van der Waals surface area contributed by atoms with Crippen molar-refractivity contribution in [3.05, 3.63) is 38.4 Å². The van der Waals surface area contributed by atoms with Crippen LogP contribution < -0.4 is 5.43 Å². The molecule has 2 aliphatic rings. The van der Waals surface area contributed by atoms with Crippen LogP contribution in [0.4, 0.5) is 17.1 Å². The second-order valence-corrected chi connectivity index (χ2v) is 7.09. The van der Waals surface area contributed by atoms with E-state index in [1.165, 1.54) is 18.6 Å². The molecule has 0 amide bonds. The van der Waals surface area contributed by atoms with Gasteiger partial charge in [-0.15, -0.1) is 0 Å². The van der Waals surface area contributed by atoms with Gasteiger partial charge in [-0.3, -0.25) is 25.7 Å². The van der Waals surface area contributed by atoms with Gasteiger partial charge in [0, 0.05) is 11.8 Å². The summed E-state index contributed by atoms with van der Waals surface area (Å²) in [6.45, 7) is 6.60. The van der Waals surface area contributed by atoms with Crippen LogP contribution >= 0.6 is 0 Å². The van der Waals surface area contributed by atoms with Gasteiger partial charge in [0.05, 0.1) is 15.9 Å². The highest BCUT2D eigenvalue weighted by Gasteiger charge is 2.63. The molecule has 2 fully saturated rings. The second kappa shape index (κ2) is 5.54. The van der Waals surface area contributed by atoms with E-state index in [2.05, 4.69) is 31.3 Å². The van der Waals surface area contributed by atoms with Gasteiger partial charge in [-0.25, -0.2) is 0 Å². The number of fused-ring (bicyclic) bond motifs is 1. The molecule has 0 radical (unpaired) electrons. The number of anilines is 1. The van der Waals surface area contributed by atoms with Crippen molar-refractivity contribution in [2.45, 2.75) is 33.6 Å². The molecule has 0 bridgehead atoms. The molecule has 2 aliphatic carbocycles. The van der Waals surface area contributed by atoms with Gasteiger partial charge < -0.3 is 0 Å². The number of benzene rings is 1. The van der Waals surface area contributed by atoms with Crippen molar-refractivity contribution in [3.8, 4) is 0 Å². The molecule has 0 aliphatic heterocycles. The van der Waals surface area contributed by atoms with E-state index in [4.69, 9.17) is 0 Å². The van der Waals surface area contributed by atoms with Crippen molar-refractivity contribution in [3.63, 3.8) is 0 Å². The molecule has 0 saturated heterocycles. The highest BCUT2D eigenvalue weighted by molar-refractivity contribution is 5.92. The smallest absolute Gasteiger partial charge is 0.272 e. The van der Waals surface area contributed by atoms with Crippen LogP contribution in [0.15, 0.2) is 23.3 Å². The van der Waals surface area contributed by atoms with Gasteiger partial charge in [0.25, 0.3) is 5.69 Å². The molecule has 1 aromatic rings. The third-order valence-electron chi connectivity index (χ3n) is 5.68. The maximum absolute atomic E-state index is 11.2. The first-order valence-corrected chi connectivity index (χ1v) is 8.01. The predicted molar refractivity (Wildman–Crippen MR) is 90.0 cm³/mol. The van der Waals surface area contributed by atoms with Gasteiger partial charge in [0.2, 0.25) is 0 Å². The van der Waals surface area contributed by atoms with Crippen molar-refractivity contribution in [1.29, 1.82) is 0 Å². The monoisotopic (exact) mass is 332 g/mol. The molecule has 1 aromatic carbocycles. The minimum absolute atomic E-state index is 0.171. The Morgan fingerprint density at radius 1 is 1.29 bits per heavy atom. The normalized spacial score (nSPS) is 29.6. The Hall–Kier alpha value is -2.51. The predicted octanol–water partition coefficient (Wildman–Crippen LogP) is 3.97. The SMILES string of the molecule is CC(C)[C@]12C/C(=N/Nc3ccc([N+](=O)[O-])cc3[N+](=O)[O-])[C@@H](C)[C@H]1C2. The maximum atomic E-state index is 11.2. The standard InChI is InChI=1S/C16H20N4O4/c1-9(2)16-7-12(16)10(3)14(8-16)18-17-13-5-4-11(19(21)22)6-15(13)20(23)24/h4-6,9-10,12,17H,7-8H2,1-3H3/b18-14-/t10-,12+,16-/m0/s1. The van der Waals surface area contributed by atoms with Crippen molar-refractivity contribution >= 4 is 22.8 Å². The first-order chi connectivity index (χ1) is 11.3. The summed E-state index contributed by atoms with van der Waals surface area (Å²) in [4.78, 5) is 20.6. The highest BCUT2D eigenvalue weighted by Crippen LogP contribution is 2.68. The van der Waals surface area contributed by atoms with Gasteiger partial charge in [-0.2, -0.15) is 5.10 Å². The Balaban J connectivity index is 1.82. The summed E-state index contributed by atoms with van der Waals surface area (Å²) in [6, 6.07) is 3.52. The molecule has 8 nitrogen and oxygen atoms in total. The summed E-state index contributed by atoms with van der Waals surface area (Å²) in [7, 11) is 0. The van der Waals surface area contributed by atoms with Crippen molar-refractivity contribution in [2.24, 2.45) is 28.3 Å². The highest BCUT2D eigenvalue weighted by atomic mass is 16.6. The summed E-state index contributed by atoms with van der Waals surface area (Å²) in [5.74, 6) is 1.59. The van der Waals surface area contributed by atoms with E-state index in [1.807, 2.05) is 0 Å². The lowest BCUT2D eigenvalue weighted by Gasteiger charge is -2.16. The first kappa shape index (κ1) is 16.4. The third-order valence-corrected chi connectivity index (χ3v) is 5.68. The fourth-order valence-electron chi connectivity index (χ4n) is 3.98. The molecule has 24 heavy (non-hydrogen) atoms. The first-order valence-electron chi connectivity index (χ1n) is 8.01. The number of rotatable bonds is 5. The molecule has 0 aromatic heterocycles. The number of hydrogen-bond acceptors (Lipinski definition) is 6. The number of non-ortho nitro benzene ring substituents is 1. The van der Waals surface area contributed by atoms with Gasteiger partial charge in [0.15, 0.2) is 0 Å². The number of nitro benzene ring substituents is 2. The Morgan fingerprint density at radius 2 is 2.00 bits per heavy atom. The summed E-state index contributed by atoms with van der Waals surface area (Å²) >= 11 is 0. The van der Waals surface area contributed by atoms with Gasteiger partial charge in [-0.05, 0) is 42.1 Å². The third kappa shape index (κ3) is 2.51. The molecule has 1 N–H and O–H groups in total. The van der Waals surface area contributed by atoms with Crippen molar-refractivity contribution in [1.82, 2.24) is 0 Å². The van der Waals surface area contributed by atoms with Crippen LogP contribution in [-0.4, -0.2) is 15.6 Å². The molecule has 128 valence electrons. The van der Waals surface area contributed by atoms with Crippen LogP contribution in [0.25, 0.3) is 0 Å². The van der Waals surface area contributed by atoms with E-state index in [-0.39, 0.29) is 17.1 Å². The fourth-order valence-corrected chi connectivity index (χ4v) is 3.98. The molecular formula is C16H20N4O4. The van der Waals surface area contributed by atoms with Crippen LogP contribution in [0.5, 0.6) is 0 Å². The van der Waals surface area contributed by atoms with Crippen molar-refractivity contribution in [2.75, 3.05) is 5.43 Å². The maximum Gasteiger partial charge on any atom is 0.301 e. The molecule has 0 unspecified atom stereocenters. The second-order valence-electron chi connectivity index (χ2n) is 7.09. The lowest BCUT2D eigenvalue weighted by Crippen LogP contribution is -2.13. The molecule has 3 atom stereocenters. The van der Waals surface area contributed by atoms with Gasteiger partial charge in [-0.1, -0.05) is 20.8 Å². The quantitative estimate of drug-likeness (QED) is 0.647. The van der Waals surface area contributed by atoms with E-state index in [0.717, 1.165) is 18.2 Å². The summed E-state index contributed by atoms with van der Waals surface area (Å²) in [6.07, 6.45) is 2.13. The molecule has 2 saturated carbocycles. The minimum atomic E-state index is -0.651. The number of hydrazone groups is 1. The van der Waals surface area contributed by atoms with Crippen LogP contribution in [0.2, 0.25) is 0 Å². The Bertz CT molecular complexity index is 746. The lowest BCUT2D eigenvalue weighted by molar-refractivity contribution is -0.393. The zero-order valence-corrected chi connectivity index (χ0v) is 13.9. The molecule has 0 spiro atoms. The van der Waals surface area contributed by atoms with Crippen LogP contribution in [0.3, 0.4) is 0 Å². The molecule has 0 heterocycles. The van der Waals surface area contributed by atoms with Gasteiger partial charge in [0.1, 0.15) is 5.69 Å². The van der Waals surface area contributed by atoms with E-state index in [9.17, 15) is 20.2 Å². The Kier molecular flexibility index (Phi) is 3.77. The number of nitrogens with one attached hydrogen (secondary N) is 1. The largest absolute Gasteiger partial charge is 0.301 e. The van der Waals surface area contributed by atoms with Crippen molar-refractivity contribution < 1.29 is 9.85 Å². The number of nitrogens with zero attached hydrogens (tertiary/aromatic N) is 3. The number of hydrogen-bond donors (Lipinski definition) is 1. The summed E-state index contributed by atoms with van der Waals surface area (Å²) in [5.41, 5.74) is 3.62. The Labute approximate surface area is 139 Å². The van der Waals surface area contributed by atoms with Crippen LogP contribution in [-0.2, 0) is 0 Å². The zero-order chi connectivity index (χ0) is 17.6. The topological polar surface area (TPSA) is 111 Å². The molecule has 8 heteroatoms. The minimum Gasteiger partial charge on any atom is -0.272 e. The van der Waals surface area contributed by atoms with E-state index < -0.39 is 9.85 Å². The zero-order valence-electron chi connectivity index (χ0n) is 13.9. The lowest BCUT2D eigenvalue weighted by atomic mass is 9.90. The van der Waals surface area contributed by atoms with Crippen LogP contribution in [0.1, 0.15) is 33.6 Å². The molecule has 3 rings (SSSR count). The number of nitro groups is 2. The van der Waals surface area contributed by atoms with E-state index in [0.29, 0.717) is 23.2 Å². The average Bonchev–Trinajstić information content (AvgIpc) is 3.19. The van der Waals surface area contributed by atoms with E-state index in [1.54, 1.807) is 0 Å². The average molecular weight is 332 g/mol. The Morgan fingerprint density at radius 3 is 2.54 bits per heavy atom. The fraction of sp³-hybridized carbons (Fsp3) is 0.562. The summed E-state index contributed by atoms with van der Waals surface area (Å²) < 4.78 is 0. The molecular weight excluding hydrogens is 312 g/mol. The van der Waals surface area contributed by atoms with Gasteiger partial charge >= 0.3 is 5.69 Å². The van der Waals surface area contributed by atoms with Crippen LogP contribution in [0, 0.1) is 43.4 Å².